The number of hydrogen-bond acceptors (Lipinski definition) is 6. The van der Waals surface area contributed by atoms with E-state index in [9.17, 15) is 29.1 Å². The maximum absolute atomic E-state index is 13.7. The molecule has 3 amide bonds. The van der Waals surface area contributed by atoms with Gasteiger partial charge < -0.3 is 36.9 Å². The van der Waals surface area contributed by atoms with E-state index >= 15 is 0 Å². The molecule has 0 aliphatic carbocycles. The first-order valence-electron chi connectivity index (χ1n) is 14.3. The lowest BCUT2D eigenvalue weighted by Gasteiger charge is -2.25. The number of H-pyrrole nitrogens is 1. The standard InChI is InChI=1S/C33H35N5O7/c34-24(18-29(39)40)30(41)36-26(15-20-9-3-1-4-10-20)31(42)37-27(16-21-11-5-2-6-12-21)32(43)38-28(33(44)45)17-22-19-35-25-14-8-7-13-23(22)25/h1-14,19,24,26-28,35H,15-18,34H2,(H,36,41)(H,37,42)(H,38,43)(H,39,40)(H,44,45). The lowest BCUT2D eigenvalue weighted by Crippen LogP contribution is -2.58. The number of aliphatic carboxylic acids is 2. The Bertz CT molecular complexity index is 1640. The van der Waals surface area contributed by atoms with Crippen LogP contribution < -0.4 is 21.7 Å². The van der Waals surface area contributed by atoms with Crippen LogP contribution in [0.2, 0.25) is 0 Å². The number of aromatic amines is 1. The molecule has 8 N–H and O–H groups in total. The van der Waals surface area contributed by atoms with Gasteiger partial charge in [-0.1, -0.05) is 78.9 Å². The van der Waals surface area contributed by atoms with Crippen LogP contribution in [0.15, 0.2) is 91.1 Å². The molecule has 0 aliphatic rings. The minimum absolute atomic E-state index is 0.00869. The quantitative estimate of drug-likeness (QED) is 0.105. The Morgan fingerprint density at radius 2 is 1.13 bits per heavy atom. The summed E-state index contributed by atoms with van der Waals surface area (Å²) in [6.07, 6.45) is 1.10. The molecule has 0 bridgehead atoms. The maximum Gasteiger partial charge on any atom is 0.326 e. The largest absolute Gasteiger partial charge is 0.481 e. The predicted octanol–water partition coefficient (Wildman–Crippen LogP) is 1.54. The van der Waals surface area contributed by atoms with Crippen LogP contribution >= 0.6 is 0 Å². The molecule has 0 saturated carbocycles. The van der Waals surface area contributed by atoms with E-state index in [2.05, 4.69) is 20.9 Å². The van der Waals surface area contributed by atoms with Crippen molar-refractivity contribution in [3.05, 3.63) is 108 Å². The van der Waals surface area contributed by atoms with Crippen molar-refractivity contribution in [3.8, 4) is 0 Å². The molecule has 45 heavy (non-hydrogen) atoms. The molecule has 3 aromatic carbocycles. The zero-order valence-corrected chi connectivity index (χ0v) is 24.3. The number of nitrogens with one attached hydrogen (secondary N) is 4. The van der Waals surface area contributed by atoms with Gasteiger partial charge in [0.25, 0.3) is 0 Å². The van der Waals surface area contributed by atoms with E-state index in [1.807, 2.05) is 24.3 Å². The lowest BCUT2D eigenvalue weighted by molar-refractivity contribution is -0.142. The van der Waals surface area contributed by atoms with Gasteiger partial charge in [0.05, 0.1) is 12.5 Å². The molecule has 0 fully saturated rings. The van der Waals surface area contributed by atoms with Crippen molar-refractivity contribution in [2.24, 2.45) is 5.73 Å². The summed E-state index contributed by atoms with van der Waals surface area (Å²) in [6, 6.07) is 19.9. The highest BCUT2D eigenvalue weighted by atomic mass is 16.4. The number of carbonyl (C=O) groups excluding carboxylic acids is 3. The fourth-order valence-corrected chi connectivity index (χ4v) is 4.94. The first-order valence-corrected chi connectivity index (χ1v) is 14.3. The molecule has 4 atom stereocenters. The van der Waals surface area contributed by atoms with E-state index in [0.717, 1.165) is 10.9 Å². The summed E-state index contributed by atoms with van der Waals surface area (Å²) >= 11 is 0. The van der Waals surface area contributed by atoms with E-state index in [-0.39, 0.29) is 19.3 Å². The summed E-state index contributed by atoms with van der Waals surface area (Å²) in [7, 11) is 0. The minimum atomic E-state index is -1.40. The summed E-state index contributed by atoms with van der Waals surface area (Å²) < 4.78 is 0. The maximum atomic E-state index is 13.7. The number of hydrogen-bond donors (Lipinski definition) is 7. The van der Waals surface area contributed by atoms with Gasteiger partial charge in [-0.3, -0.25) is 19.2 Å². The molecule has 4 aromatic rings. The number of carbonyl (C=O) groups is 5. The Morgan fingerprint density at radius 1 is 0.644 bits per heavy atom. The smallest absolute Gasteiger partial charge is 0.326 e. The molecule has 234 valence electrons. The Morgan fingerprint density at radius 3 is 1.67 bits per heavy atom. The zero-order chi connectivity index (χ0) is 32.3. The van der Waals surface area contributed by atoms with Crippen LogP contribution in [0.25, 0.3) is 10.9 Å². The minimum Gasteiger partial charge on any atom is -0.481 e. The highest BCUT2D eigenvalue weighted by molar-refractivity contribution is 5.95. The van der Waals surface area contributed by atoms with Gasteiger partial charge in [0, 0.05) is 36.4 Å². The van der Waals surface area contributed by atoms with Gasteiger partial charge in [-0.25, -0.2) is 4.79 Å². The van der Waals surface area contributed by atoms with Crippen LogP contribution in [0.3, 0.4) is 0 Å². The molecule has 0 radical (unpaired) electrons. The average molecular weight is 614 g/mol. The van der Waals surface area contributed by atoms with Crippen molar-refractivity contribution >= 4 is 40.6 Å². The molecule has 1 heterocycles. The van der Waals surface area contributed by atoms with E-state index in [1.165, 1.54) is 0 Å². The number of para-hydroxylation sites is 1. The second kappa shape index (κ2) is 15.3. The Labute approximate surface area is 259 Å². The molecular weight excluding hydrogens is 578 g/mol. The van der Waals surface area contributed by atoms with Gasteiger partial charge in [0.15, 0.2) is 0 Å². The third-order valence-electron chi connectivity index (χ3n) is 7.28. The van der Waals surface area contributed by atoms with Crippen molar-refractivity contribution in [2.45, 2.75) is 49.9 Å². The number of nitrogens with two attached hydrogens (primary N) is 1. The third-order valence-corrected chi connectivity index (χ3v) is 7.28. The number of carboxylic acids is 2. The van der Waals surface area contributed by atoms with Crippen molar-refractivity contribution in [1.29, 1.82) is 0 Å². The van der Waals surface area contributed by atoms with Crippen LogP contribution in [-0.4, -0.2) is 69.0 Å². The van der Waals surface area contributed by atoms with Crippen molar-refractivity contribution < 1.29 is 34.2 Å². The molecule has 0 saturated heterocycles. The van der Waals surface area contributed by atoms with Crippen LogP contribution in [-0.2, 0) is 43.2 Å². The van der Waals surface area contributed by atoms with Crippen LogP contribution in [0.1, 0.15) is 23.1 Å². The third kappa shape index (κ3) is 9.25. The molecule has 12 nitrogen and oxygen atoms in total. The molecule has 4 rings (SSSR count). The summed E-state index contributed by atoms with van der Waals surface area (Å²) in [5, 5.41) is 27.6. The number of carboxylic acid groups (broad SMARTS) is 2. The van der Waals surface area contributed by atoms with E-state index in [0.29, 0.717) is 16.7 Å². The second-order valence-corrected chi connectivity index (χ2v) is 10.7. The van der Waals surface area contributed by atoms with Crippen molar-refractivity contribution in [3.63, 3.8) is 0 Å². The first-order chi connectivity index (χ1) is 21.6. The van der Waals surface area contributed by atoms with Gasteiger partial charge in [-0.05, 0) is 22.8 Å². The van der Waals surface area contributed by atoms with E-state index in [1.54, 1.807) is 66.9 Å². The molecular formula is C33H35N5O7. The summed E-state index contributed by atoms with van der Waals surface area (Å²) in [5.74, 6) is -4.83. The molecule has 0 aliphatic heterocycles. The van der Waals surface area contributed by atoms with Crippen LogP contribution in [0.5, 0.6) is 0 Å². The number of aromatic nitrogens is 1. The topological polar surface area (TPSA) is 204 Å². The van der Waals surface area contributed by atoms with E-state index in [4.69, 9.17) is 10.8 Å². The fourth-order valence-electron chi connectivity index (χ4n) is 4.94. The molecule has 4 unspecified atom stereocenters. The summed E-state index contributed by atoms with van der Waals surface area (Å²) in [6.45, 7) is 0. The van der Waals surface area contributed by atoms with Gasteiger partial charge >= 0.3 is 11.9 Å². The Kier molecular flexibility index (Phi) is 11.0. The van der Waals surface area contributed by atoms with Gasteiger partial charge in [-0.15, -0.1) is 0 Å². The average Bonchev–Trinajstić information content (AvgIpc) is 3.43. The normalized spacial score (nSPS) is 13.6. The van der Waals surface area contributed by atoms with Crippen LogP contribution in [0.4, 0.5) is 0 Å². The van der Waals surface area contributed by atoms with Crippen LogP contribution in [0, 0.1) is 0 Å². The van der Waals surface area contributed by atoms with Gasteiger partial charge in [-0.2, -0.15) is 0 Å². The second-order valence-electron chi connectivity index (χ2n) is 10.7. The number of amides is 3. The number of rotatable bonds is 15. The highest BCUT2D eigenvalue weighted by Gasteiger charge is 2.31. The molecule has 12 heteroatoms. The monoisotopic (exact) mass is 613 g/mol. The Hall–Kier alpha value is -5.49. The highest BCUT2D eigenvalue weighted by Crippen LogP contribution is 2.19. The summed E-state index contributed by atoms with van der Waals surface area (Å²) in [5.41, 5.74) is 8.66. The zero-order valence-electron chi connectivity index (χ0n) is 24.3. The first kappa shape index (κ1) is 32.4. The number of fused-ring (bicyclic) bond motifs is 1. The summed E-state index contributed by atoms with van der Waals surface area (Å²) in [4.78, 5) is 66.5. The SMILES string of the molecule is NC(CC(=O)O)C(=O)NC(Cc1ccccc1)C(=O)NC(Cc1ccccc1)C(=O)NC(Cc1c[nH]c2ccccc12)C(=O)O. The Balaban J connectivity index is 1.56. The van der Waals surface area contributed by atoms with Gasteiger partial charge in [0.2, 0.25) is 17.7 Å². The lowest BCUT2D eigenvalue weighted by atomic mass is 10.0. The fraction of sp³-hybridized carbons (Fsp3) is 0.242. The number of benzene rings is 3. The van der Waals surface area contributed by atoms with Gasteiger partial charge in [0.1, 0.15) is 18.1 Å². The predicted molar refractivity (Wildman–Crippen MR) is 166 cm³/mol. The van der Waals surface area contributed by atoms with E-state index < -0.39 is 60.2 Å². The van der Waals surface area contributed by atoms with Crippen molar-refractivity contribution in [1.82, 2.24) is 20.9 Å². The molecule has 0 spiro atoms. The van der Waals surface area contributed by atoms with Crippen molar-refractivity contribution in [2.75, 3.05) is 0 Å². The molecule has 1 aromatic heterocycles.